The fourth-order valence-electron chi connectivity index (χ4n) is 5.69. The van der Waals surface area contributed by atoms with E-state index in [0.29, 0.717) is 12.2 Å². The fraction of sp³-hybridized carbons (Fsp3) is 0.484. The van der Waals surface area contributed by atoms with Gasteiger partial charge in [-0.3, -0.25) is 9.47 Å². The van der Waals surface area contributed by atoms with Crippen LogP contribution in [0.15, 0.2) is 49.2 Å². The van der Waals surface area contributed by atoms with Gasteiger partial charge in [-0.05, 0) is 95.6 Å². The lowest BCUT2D eigenvalue weighted by Crippen LogP contribution is -2.47. The number of hydrogen-bond donors (Lipinski definition) is 2. The van der Waals surface area contributed by atoms with E-state index in [9.17, 15) is 4.79 Å². The minimum absolute atomic E-state index is 0.0615. The number of carbonyl (C=O) groups is 1. The van der Waals surface area contributed by atoms with Crippen LogP contribution in [-0.4, -0.2) is 55.2 Å². The Balaban J connectivity index is 1.50. The van der Waals surface area contributed by atoms with Gasteiger partial charge in [-0.1, -0.05) is 12.2 Å². The number of nitrogens with zero attached hydrogens (tertiary/aromatic N) is 5. The lowest BCUT2D eigenvalue weighted by Gasteiger charge is -2.38. The van der Waals surface area contributed by atoms with Gasteiger partial charge in [0, 0.05) is 25.3 Å². The highest BCUT2D eigenvalue weighted by Gasteiger charge is 2.31. The van der Waals surface area contributed by atoms with Gasteiger partial charge in [-0.2, -0.15) is 0 Å². The number of nitrogen functional groups attached to an aromatic ring is 1. The lowest BCUT2D eigenvalue weighted by atomic mass is 9.97. The van der Waals surface area contributed by atoms with Crippen molar-refractivity contribution in [3.8, 4) is 11.4 Å². The first-order valence-electron chi connectivity index (χ1n) is 14.4. The van der Waals surface area contributed by atoms with Crippen molar-refractivity contribution in [2.24, 2.45) is 0 Å². The van der Waals surface area contributed by atoms with Gasteiger partial charge in [0.1, 0.15) is 22.8 Å². The molecular weight excluding hydrogens is 502 g/mol. The van der Waals surface area contributed by atoms with Crippen LogP contribution in [0, 0.1) is 0 Å². The normalized spacial score (nSPS) is 17.8. The Morgan fingerprint density at radius 2 is 2.02 bits per heavy atom. The van der Waals surface area contributed by atoms with Crippen molar-refractivity contribution in [1.82, 2.24) is 29.7 Å². The Labute approximate surface area is 236 Å². The Kier molecular flexibility index (Phi) is 8.21. The molecule has 1 fully saturated rings. The first kappa shape index (κ1) is 27.8. The van der Waals surface area contributed by atoms with E-state index in [4.69, 9.17) is 20.4 Å². The van der Waals surface area contributed by atoms with Crippen LogP contribution < -0.4 is 11.1 Å². The van der Waals surface area contributed by atoms with Crippen LogP contribution in [0.3, 0.4) is 0 Å². The average molecular weight is 544 g/mol. The van der Waals surface area contributed by atoms with E-state index in [1.165, 1.54) is 18.4 Å². The molecule has 0 saturated carbocycles. The molecule has 4 heterocycles. The second kappa shape index (κ2) is 11.8. The largest absolute Gasteiger partial charge is 0.444 e. The molecule has 1 aliphatic carbocycles. The van der Waals surface area contributed by atoms with Gasteiger partial charge >= 0.3 is 6.09 Å². The van der Waals surface area contributed by atoms with Crippen molar-refractivity contribution in [1.29, 1.82) is 0 Å². The average Bonchev–Trinajstić information content (AvgIpc) is 3.30. The third-order valence-electron chi connectivity index (χ3n) is 7.58. The lowest BCUT2D eigenvalue weighted by molar-refractivity contribution is 0.0450. The van der Waals surface area contributed by atoms with Crippen molar-refractivity contribution in [2.75, 3.05) is 18.8 Å². The SMILES string of the molecule is C=CCC(N1CCC(NC(=O)OC(C)(C)C)CC1)n1c(-c2cccnc2N)nc2ccc(C3=CCCCC3)nc21. The predicted molar refractivity (Wildman–Crippen MR) is 159 cm³/mol. The zero-order chi connectivity index (χ0) is 28.3. The highest BCUT2D eigenvalue weighted by molar-refractivity contribution is 5.82. The zero-order valence-electron chi connectivity index (χ0n) is 23.9. The molecule has 0 spiro atoms. The summed E-state index contributed by atoms with van der Waals surface area (Å²) in [5, 5.41) is 3.05. The summed E-state index contributed by atoms with van der Waals surface area (Å²) in [7, 11) is 0. The number of aromatic nitrogens is 4. The summed E-state index contributed by atoms with van der Waals surface area (Å²) >= 11 is 0. The molecule has 3 aromatic heterocycles. The summed E-state index contributed by atoms with van der Waals surface area (Å²) in [5.74, 6) is 1.19. The molecule has 1 unspecified atom stereocenters. The number of nitrogens with one attached hydrogen (secondary N) is 1. The van der Waals surface area contributed by atoms with Gasteiger partial charge in [-0.15, -0.1) is 6.58 Å². The van der Waals surface area contributed by atoms with Crippen LogP contribution in [0.25, 0.3) is 28.1 Å². The summed E-state index contributed by atoms with van der Waals surface area (Å²) in [6.45, 7) is 11.3. The molecule has 212 valence electrons. The number of rotatable bonds is 7. The number of anilines is 1. The number of likely N-dealkylation sites (tertiary alicyclic amines) is 1. The second-order valence-corrected chi connectivity index (χ2v) is 11.7. The molecule has 1 aliphatic heterocycles. The maximum Gasteiger partial charge on any atom is 0.407 e. The molecule has 1 amide bonds. The summed E-state index contributed by atoms with van der Waals surface area (Å²) in [6, 6.07) is 8.07. The number of pyridine rings is 2. The van der Waals surface area contributed by atoms with Gasteiger partial charge in [0.15, 0.2) is 5.65 Å². The number of imidazole rings is 1. The predicted octanol–water partition coefficient (Wildman–Crippen LogP) is 6.10. The topological polar surface area (TPSA) is 111 Å². The molecule has 0 radical (unpaired) electrons. The van der Waals surface area contributed by atoms with E-state index < -0.39 is 5.60 Å². The number of alkyl carbamates (subject to hydrolysis) is 1. The van der Waals surface area contributed by atoms with Gasteiger partial charge < -0.3 is 15.8 Å². The van der Waals surface area contributed by atoms with E-state index >= 15 is 0 Å². The number of carbonyl (C=O) groups excluding carboxylic acids is 1. The quantitative estimate of drug-likeness (QED) is 0.347. The van der Waals surface area contributed by atoms with E-state index in [1.54, 1.807) is 6.20 Å². The van der Waals surface area contributed by atoms with Crippen LogP contribution in [0.1, 0.15) is 77.6 Å². The molecule has 2 aliphatic rings. The summed E-state index contributed by atoms with van der Waals surface area (Å²) in [4.78, 5) is 29.4. The molecule has 40 heavy (non-hydrogen) atoms. The van der Waals surface area contributed by atoms with Crippen molar-refractivity contribution >= 4 is 28.6 Å². The van der Waals surface area contributed by atoms with Crippen LogP contribution in [0.4, 0.5) is 10.6 Å². The van der Waals surface area contributed by atoms with E-state index in [2.05, 4.69) is 44.6 Å². The molecule has 3 N–H and O–H groups in total. The first-order valence-corrected chi connectivity index (χ1v) is 14.4. The number of fused-ring (bicyclic) bond motifs is 1. The standard InChI is InChI=1S/C31H41N7O2/c1-5-10-26(37-19-16-22(17-20-37)34-30(39)40-31(2,3)4)38-28(23-13-9-18-33-27(23)32)36-25-15-14-24(35-29(25)38)21-11-7-6-8-12-21/h5,9,11,13-15,18,22,26H,1,6-8,10,12,16-17,19-20H2,2-4H3,(H2,32,33)(H,34,39). The minimum Gasteiger partial charge on any atom is -0.444 e. The molecule has 0 bridgehead atoms. The molecule has 5 rings (SSSR count). The van der Waals surface area contributed by atoms with E-state index in [-0.39, 0.29) is 18.3 Å². The van der Waals surface area contributed by atoms with Gasteiger partial charge in [-0.25, -0.2) is 19.7 Å². The number of nitrogens with two attached hydrogens (primary N) is 1. The van der Waals surface area contributed by atoms with Crippen molar-refractivity contribution in [3.05, 3.63) is 54.9 Å². The van der Waals surface area contributed by atoms with Crippen molar-refractivity contribution < 1.29 is 9.53 Å². The third kappa shape index (κ3) is 6.20. The third-order valence-corrected chi connectivity index (χ3v) is 7.58. The minimum atomic E-state index is -0.521. The Hall–Kier alpha value is -3.72. The highest BCUT2D eigenvalue weighted by atomic mass is 16.6. The molecule has 1 saturated heterocycles. The van der Waals surface area contributed by atoms with Gasteiger partial charge in [0.2, 0.25) is 0 Å². The summed E-state index contributed by atoms with van der Waals surface area (Å²) in [5.41, 5.74) is 10.6. The van der Waals surface area contributed by atoms with Crippen LogP contribution in [0.5, 0.6) is 0 Å². The smallest absolute Gasteiger partial charge is 0.407 e. The molecule has 9 heteroatoms. The number of ether oxygens (including phenoxy) is 1. The number of hydrogen-bond acceptors (Lipinski definition) is 7. The molecule has 3 aromatic rings. The second-order valence-electron chi connectivity index (χ2n) is 11.7. The Morgan fingerprint density at radius 3 is 2.70 bits per heavy atom. The monoisotopic (exact) mass is 543 g/mol. The van der Waals surface area contributed by atoms with E-state index in [0.717, 1.165) is 67.0 Å². The van der Waals surface area contributed by atoms with Crippen LogP contribution in [-0.2, 0) is 4.74 Å². The summed E-state index contributed by atoms with van der Waals surface area (Å²) in [6.07, 6.45) is 12.4. The highest BCUT2D eigenvalue weighted by Crippen LogP contribution is 2.35. The molecule has 9 nitrogen and oxygen atoms in total. The van der Waals surface area contributed by atoms with Crippen molar-refractivity contribution in [3.63, 3.8) is 0 Å². The maximum atomic E-state index is 12.4. The van der Waals surface area contributed by atoms with Gasteiger partial charge in [0.05, 0.1) is 17.4 Å². The maximum absolute atomic E-state index is 12.4. The van der Waals surface area contributed by atoms with Crippen molar-refractivity contribution in [2.45, 2.75) is 83.5 Å². The summed E-state index contributed by atoms with van der Waals surface area (Å²) < 4.78 is 7.70. The Morgan fingerprint density at radius 1 is 1.23 bits per heavy atom. The number of allylic oxidation sites excluding steroid dienone is 2. The number of piperidine rings is 1. The van der Waals surface area contributed by atoms with Crippen LogP contribution >= 0.6 is 0 Å². The molecular formula is C31H41N7O2. The van der Waals surface area contributed by atoms with Crippen LogP contribution in [0.2, 0.25) is 0 Å². The zero-order valence-corrected chi connectivity index (χ0v) is 23.9. The fourth-order valence-corrected chi connectivity index (χ4v) is 5.69. The Bertz CT molecular complexity index is 1400. The van der Waals surface area contributed by atoms with E-state index in [1.807, 2.05) is 39.0 Å². The molecule has 1 atom stereocenters. The van der Waals surface area contributed by atoms with Gasteiger partial charge in [0.25, 0.3) is 0 Å². The first-order chi connectivity index (χ1) is 19.2. The molecule has 0 aromatic carbocycles. The number of amides is 1.